The van der Waals surface area contributed by atoms with Crippen molar-refractivity contribution in [2.24, 2.45) is 0 Å². The van der Waals surface area contributed by atoms with E-state index >= 15 is 0 Å². The summed E-state index contributed by atoms with van der Waals surface area (Å²) in [5.74, 6) is 0.622. The van der Waals surface area contributed by atoms with Gasteiger partial charge in [0.1, 0.15) is 5.15 Å². The van der Waals surface area contributed by atoms with E-state index in [1.54, 1.807) is 6.20 Å². The van der Waals surface area contributed by atoms with Crippen molar-refractivity contribution < 1.29 is 0 Å². The topological polar surface area (TPSA) is 37.8 Å². The normalized spacial score (nSPS) is 10.2. The zero-order valence-corrected chi connectivity index (χ0v) is 10.9. The van der Waals surface area contributed by atoms with Crippen LogP contribution in [0.25, 0.3) is 0 Å². The van der Waals surface area contributed by atoms with Gasteiger partial charge in [0.15, 0.2) is 5.82 Å². The Morgan fingerprint density at radius 2 is 2.12 bits per heavy atom. The molecule has 1 aromatic carbocycles. The van der Waals surface area contributed by atoms with Crippen LogP contribution in [-0.2, 0) is 0 Å². The number of halogens is 2. The quantitative estimate of drug-likeness (QED) is 0.912. The second-order valence-corrected chi connectivity index (χ2v) is 4.58. The number of benzene rings is 1. The summed E-state index contributed by atoms with van der Waals surface area (Å²) in [5.41, 5.74) is 2.12. The standard InChI is InChI=1S/C11H9BrClN3/c1-7-2-3-9(8(12)4-7)15-11-6-14-5-10(13)16-11/h2-6H,1H3,(H,15,16). The van der Waals surface area contributed by atoms with Crippen molar-refractivity contribution in [3.63, 3.8) is 0 Å². The maximum Gasteiger partial charge on any atom is 0.150 e. The van der Waals surface area contributed by atoms with Gasteiger partial charge in [-0.3, -0.25) is 4.98 Å². The number of aromatic nitrogens is 2. The van der Waals surface area contributed by atoms with Crippen molar-refractivity contribution >= 4 is 39.0 Å². The maximum absolute atomic E-state index is 5.75. The molecule has 0 aliphatic heterocycles. The van der Waals surface area contributed by atoms with Crippen LogP contribution in [0.4, 0.5) is 11.5 Å². The SMILES string of the molecule is Cc1ccc(Nc2cncc(Cl)n2)c(Br)c1. The van der Waals surface area contributed by atoms with Crippen molar-refractivity contribution in [2.75, 3.05) is 5.32 Å². The molecule has 3 nitrogen and oxygen atoms in total. The minimum absolute atomic E-state index is 0.369. The Kier molecular flexibility index (Phi) is 3.41. The smallest absolute Gasteiger partial charge is 0.150 e. The third-order valence-corrected chi connectivity index (χ3v) is 2.83. The highest BCUT2D eigenvalue weighted by Gasteiger charge is 2.02. The molecule has 16 heavy (non-hydrogen) atoms. The van der Waals surface area contributed by atoms with Crippen LogP contribution in [0, 0.1) is 6.92 Å². The van der Waals surface area contributed by atoms with Gasteiger partial charge in [-0.25, -0.2) is 4.98 Å². The zero-order chi connectivity index (χ0) is 11.5. The summed E-state index contributed by atoms with van der Waals surface area (Å²) in [4.78, 5) is 8.06. The number of hydrogen-bond acceptors (Lipinski definition) is 3. The molecule has 0 amide bonds. The number of nitrogens with one attached hydrogen (secondary N) is 1. The summed E-state index contributed by atoms with van der Waals surface area (Å²) < 4.78 is 0.981. The van der Waals surface area contributed by atoms with Gasteiger partial charge in [-0.2, -0.15) is 0 Å². The highest BCUT2D eigenvalue weighted by Crippen LogP contribution is 2.26. The molecule has 82 valence electrons. The molecule has 1 aromatic heterocycles. The van der Waals surface area contributed by atoms with Gasteiger partial charge in [0.05, 0.1) is 18.1 Å². The second kappa shape index (κ2) is 4.80. The molecule has 0 unspecified atom stereocenters. The lowest BCUT2D eigenvalue weighted by Gasteiger charge is -2.08. The fourth-order valence-electron chi connectivity index (χ4n) is 1.26. The van der Waals surface area contributed by atoms with Crippen LogP contribution in [0.2, 0.25) is 5.15 Å². The molecule has 0 bridgehead atoms. The van der Waals surface area contributed by atoms with Gasteiger partial charge in [0, 0.05) is 4.47 Å². The predicted molar refractivity (Wildman–Crippen MR) is 69.2 cm³/mol. The summed E-state index contributed by atoms with van der Waals surface area (Å²) in [6.07, 6.45) is 3.12. The van der Waals surface area contributed by atoms with Crippen LogP contribution in [0.15, 0.2) is 35.1 Å². The van der Waals surface area contributed by atoms with Gasteiger partial charge >= 0.3 is 0 Å². The molecule has 0 saturated carbocycles. The van der Waals surface area contributed by atoms with Crippen molar-refractivity contribution in [1.29, 1.82) is 0 Å². The molecular formula is C11H9BrClN3. The molecule has 0 atom stereocenters. The lowest BCUT2D eigenvalue weighted by atomic mass is 10.2. The minimum Gasteiger partial charge on any atom is -0.338 e. The van der Waals surface area contributed by atoms with Gasteiger partial charge in [-0.05, 0) is 40.5 Å². The van der Waals surface area contributed by atoms with Crippen molar-refractivity contribution in [3.05, 3.63) is 45.8 Å². The first-order valence-corrected chi connectivity index (χ1v) is 5.83. The van der Waals surface area contributed by atoms with Crippen molar-refractivity contribution in [2.45, 2.75) is 6.92 Å². The van der Waals surface area contributed by atoms with Crippen LogP contribution < -0.4 is 5.32 Å². The second-order valence-electron chi connectivity index (χ2n) is 3.34. The number of nitrogens with zero attached hydrogens (tertiary/aromatic N) is 2. The van der Waals surface area contributed by atoms with Gasteiger partial charge in [0.2, 0.25) is 0 Å². The molecule has 1 N–H and O–H groups in total. The molecule has 1 heterocycles. The Morgan fingerprint density at radius 1 is 1.31 bits per heavy atom. The van der Waals surface area contributed by atoms with Crippen LogP contribution in [0.1, 0.15) is 5.56 Å². The maximum atomic E-state index is 5.75. The Balaban J connectivity index is 2.27. The van der Waals surface area contributed by atoms with E-state index in [1.807, 2.05) is 25.1 Å². The number of aryl methyl sites for hydroxylation is 1. The highest BCUT2D eigenvalue weighted by molar-refractivity contribution is 9.10. The largest absolute Gasteiger partial charge is 0.338 e. The Hall–Kier alpha value is -1.13. The van der Waals surface area contributed by atoms with E-state index in [9.17, 15) is 0 Å². The predicted octanol–water partition coefficient (Wildman–Crippen LogP) is 3.94. The Labute approximate surface area is 107 Å². The van der Waals surface area contributed by atoms with E-state index in [0.717, 1.165) is 10.2 Å². The average molecular weight is 299 g/mol. The van der Waals surface area contributed by atoms with Crippen LogP contribution in [0.5, 0.6) is 0 Å². The summed E-state index contributed by atoms with van der Waals surface area (Å²) in [5, 5.41) is 3.50. The molecule has 0 radical (unpaired) electrons. The molecule has 2 rings (SSSR count). The minimum atomic E-state index is 0.369. The van der Waals surface area contributed by atoms with E-state index in [2.05, 4.69) is 31.2 Å². The Morgan fingerprint density at radius 3 is 2.81 bits per heavy atom. The number of rotatable bonds is 2. The summed E-state index contributed by atoms with van der Waals surface area (Å²) >= 11 is 9.23. The first kappa shape index (κ1) is 11.4. The summed E-state index contributed by atoms with van der Waals surface area (Å²) in [6.45, 7) is 2.04. The van der Waals surface area contributed by atoms with Gasteiger partial charge in [-0.1, -0.05) is 17.7 Å². The first-order valence-electron chi connectivity index (χ1n) is 4.66. The van der Waals surface area contributed by atoms with E-state index < -0.39 is 0 Å². The molecule has 0 fully saturated rings. The van der Waals surface area contributed by atoms with E-state index in [0.29, 0.717) is 11.0 Å². The molecule has 0 aliphatic rings. The van der Waals surface area contributed by atoms with Gasteiger partial charge in [0.25, 0.3) is 0 Å². The van der Waals surface area contributed by atoms with E-state index in [4.69, 9.17) is 11.6 Å². The van der Waals surface area contributed by atoms with Crippen LogP contribution in [0.3, 0.4) is 0 Å². The van der Waals surface area contributed by atoms with E-state index in [1.165, 1.54) is 11.8 Å². The van der Waals surface area contributed by atoms with Crippen molar-refractivity contribution in [3.8, 4) is 0 Å². The van der Waals surface area contributed by atoms with Gasteiger partial charge < -0.3 is 5.32 Å². The fourth-order valence-corrected chi connectivity index (χ4v) is 2.00. The van der Waals surface area contributed by atoms with Crippen LogP contribution in [-0.4, -0.2) is 9.97 Å². The molecule has 0 saturated heterocycles. The average Bonchev–Trinajstić information content (AvgIpc) is 2.22. The highest BCUT2D eigenvalue weighted by atomic mass is 79.9. The molecule has 0 aliphatic carbocycles. The van der Waals surface area contributed by atoms with Crippen molar-refractivity contribution in [1.82, 2.24) is 9.97 Å². The molecule has 5 heteroatoms. The van der Waals surface area contributed by atoms with Gasteiger partial charge in [-0.15, -0.1) is 0 Å². The Bertz CT molecular complexity index is 516. The lowest BCUT2D eigenvalue weighted by molar-refractivity contribution is 1.20. The summed E-state index contributed by atoms with van der Waals surface area (Å²) in [6, 6.07) is 6.02. The fraction of sp³-hybridized carbons (Fsp3) is 0.0909. The molecule has 2 aromatic rings. The summed E-state index contributed by atoms with van der Waals surface area (Å²) in [7, 11) is 0. The number of hydrogen-bond donors (Lipinski definition) is 1. The zero-order valence-electron chi connectivity index (χ0n) is 8.54. The lowest BCUT2D eigenvalue weighted by Crippen LogP contribution is -1.95. The third-order valence-electron chi connectivity index (χ3n) is 1.99. The van der Waals surface area contributed by atoms with Crippen LogP contribution >= 0.6 is 27.5 Å². The number of anilines is 2. The molecule has 0 spiro atoms. The monoisotopic (exact) mass is 297 g/mol. The first-order chi connectivity index (χ1) is 7.65. The molecular weight excluding hydrogens is 289 g/mol. The third kappa shape index (κ3) is 2.71. The van der Waals surface area contributed by atoms with E-state index in [-0.39, 0.29) is 0 Å².